The van der Waals surface area contributed by atoms with Crippen molar-refractivity contribution in [2.24, 2.45) is 5.10 Å². The molecule has 0 fully saturated rings. The van der Waals surface area contributed by atoms with Crippen LogP contribution in [-0.2, 0) is 14.4 Å². The lowest BCUT2D eigenvalue weighted by atomic mass is 10.2. The van der Waals surface area contributed by atoms with Crippen LogP contribution in [0, 0.1) is 0 Å². The Bertz CT molecular complexity index is 1310. The van der Waals surface area contributed by atoms with Crippen molar-refractivity contribution in [3.8, 4) is 17.2 Å². The van der Waals surface area contributed by atoms with Crippen molar-refractivity contribution in [3.63, 3.8) is 0 Å². The molecule has 12 heteroatoms. The minimum atomic E-state index is -0.960. The average Bonchev–Trinajstić information content (AvgIpc) is 2.87. The van der Waals surface area contributed by atoms with Crippen LogP contribution in [0.1, 0.15) is 5.56 Å². The van der Waals surface area contributed by atoms with Gasteiger partial charge in [-0.2, -0.15) is 5.10 Å². The molecule has 0 radical (unpaired) electrons. The molecule has 0 aliphatic carbocycles. The third kappa shape index (κ3) is 8.41. The van der Waals surface area contributed by atoms with Gasteiger partial charge in [0.1, 0.15) is 5.75 Å². The molecule has 0 aromatic heterocycles. The van der Waals surface area contributed by atoms with E-state index < -0.39 is 17.7 Å². The zero-order valence-corrected chi connectivity index (χ0v) is 21.2. The Morgan fingerprint density at radius 2 is 1.59 bits per heavy atom. The number of anilines is 2. The van der Waals surface area contributed by atoms with Gasteiger partial charge in [-0.25, -0.2) is 5.43 Å². The van der Waals surface area contributed by atoms with E-state index in [2.05, 4.69) is 21.2 Å². The first-order chi connectivity index (χ1) is 17.8. The number of methoxy groups -OCH3 is 2. The topological polar surface area (TPSA) is 127 Å². The second kappa shape index (κ2) is 13.1. The molecule has 10 nitrogen and oxygen atoms in total. The number of hydrogen-bond acceptors (Lipinski definition) is 7. The number of benzene rings is 3. The van der Waals surface area contributed by atoms with Crippen LogP contribution in [0.3, 0.4) is 0 Å². The maximum absolute atomic E-state index is 12.2. The molecule has 3 aromatic rings. The number of rotatable bonds is 9. The van der Waals surface area contributed by atoms with Crippen molar-refractivity contribution < 1.29 is 28.6 Å². The van der Waals surface area contributed by atoms with Gasteiger partial charge >= 0.3 is 11.8 Å². The van der Waals surface area contributed by atoms with E-state index in [1.165, 1.54) is 20.4 Å². The Hall–Kier alpha value is -4.28. The van der Waals surface area contributed by atoms with Gasteiger partial charge in [-0.1, -0.05) is 29.3 Å². The first-order valence-electron chi connectivity index (χ1n) is 10.6. The molecule has 0 aliphatic rings. The summed E-state index contributed by atoms with van der Waals surface area (Å²) in [6.07, 6.45) is 1.32. The van der Waals surface area contributed by atoms with Crippen molar-refractivity contribution in [3.05, 3.63) is 76.3 Å². The number of hydrazone groups is 1. The molecule has 3 rings (SSSR count). The Morgan fingerprint density at radius 3 is 2.30 bits per heavy atom. The molecule has 3 N–H and O–H groups in total. The molecule has 0 spiro atoms. The third-order valence-corrected chi connectivity index (χ3v) is 5.04. The van der Waals surface area contributed by atoms with Crippen LogP contribution in [0.5, 0.6) is 17.2 Å². The third-order valence-electron chi connectivity index (χ3n) is 4.61. The summed E-state index contributed by atoms with van der Waals surface area (Å²) >= 11 is 11.9. The number of amides is 3. The van der Waals surface area contributed by atoms with Crippen molar-refractivity contribution in [1.82, 2.24) is 5.43 Å². The van der Waals surface area contributed by atoms with E-state index in [0.29, 0.717) is 44.2 Å². The van der Waals surface area contributed by atoms with Gasteiger partial charge in [0.2, 0.25) is 0 Å². The minimum absolute atomic E-state index is 0.299. The Labute approximate surface area is 222 Å². The molecule has 0 saturated carbocycles. The molecule has 0 bridgehead atoms. The molecule has 0 aliphatic heterocycles. The van der Waals surface area contributed by atoms with Gasteiger partial charge < -0.3 is 24.8 Å². The fraction of sp³-hybridized carbons (Fsp3) is 0.120. The molecule has 0 saturated heterocycles. The van der Waals surface area contributed by atoms with Gasteiger partial charge in [0.05, 0.1) is 20.4 Å². The van der Waals surface area contributed by atoms with E-state index >= 15 is 0 Å². The number of hydrogen-bond donors (Lipinski definition) is 3. The van der Waals surface area contributed by atoms with E-state index in [1.807, 2.05) is 0 Å². The molecule has 3 amide bonds. The van der Waals surface area contributed by atoms with E-state index in [-0.39, 0.29) is 6.61 Å². The lowest BCUT2D eigenvalue weighted by molar-refractivity contribution is -0.136. The van der Waals surface area contributed by atoms with Crippen molar-refractivity contribution in [2.45, 2.75) is 0 Å². The van der Waals surface area contributed by atoms with Gasteiger partial charge in [-0.05, 0) is 54.1 Å². The summed E-state index contributed by atoms with van der Waals surface area (Å²) in [7, 11) is 2.92. The molecule has 192 valence electrons. The number of carbonyl (C=O) groups excluding carboxylic acids is 3. The number of halogens is 2. The van der Waals surface area contributed by atoms with Crippen molar-refractivity contribution >= 4 is 58.5 Å². The summed E-state index contributed by atoms with van der Waals surface area (Å²) in [5, 5.41) is 9.64. The van der Waals surface area contributed by atoms with Gasteiger partial charge in [0.25, 0.3) is 5.91 Å². The number of nitrogens with one attached hydrogen (secondary N) is 3. The average molecular weight is 545 g/mol. The van der Waals surface area contributed by atoms with Crippen LogP contribution in [0.2, 0.25) is 10.0 Å². The standard InChI is InChI=1S/C25H22Cl2N4O6/c1-35-20-5-3-4-18(12-20)30-24(33)25(34)31-28-13-15-6-7-21(22(8-15)36-2)37-14-23(32)29-19-10-16(26)9-17(27)11-19/h3-13H,14H2,1-2H3,(H,29,32)(H,30,33)(H,31,34). The number of nitrogens with zero attached hydrogens (tertiary/aromatic N) is 1. The first-order valence-corrected chi connectivity index (χ1v) is 11.4. The number of ether oxygens (including phenoxy) is 3. The maximum atomic E-state index is 12.2. The molecule has 0 unspecified atom stereocenters. The molecular weight excluding hydrogens is 523 g/mol. The van der Waals surface area contributed by atoms with Crippen LogP contribution >= 0.6 is 23.2 Å². The smallest absolute Gasteiger partial charge is 0.329 e. The highest BCUT2D eigenvalue weighted by Gasteiger charge is 2.13. The van der Waals surface area contributed by atoms with Crippen LogP contribution < -0.4 is 30.3 Å². The summed E-state index contributed by atoms with van der Waals surface area (Å²) in [5.41, 5.74) is 3.52. The second-order valence-corrected chi connectivity index (χ2v) is 8.16. The SMILES string of the molecule is COc1cccc(NC(=O)C(=O)NN=Cc2ccc(OCC(=O)Nc3cc(Cl)cc(Cl)c3)c(OC)c2)c1. The zero-order chi connectivity index (χ0) is 26.8. The Balaban J connectivity index is 1.53. The zero-order valence-electron chi connectivity index (χ0n) is 19.7. The fourth-order valence-electron chi connectivity index (χ4n) is 2.95. The number of carbonyl (C=O) groups is 3. The normalized spacial score (nSPS) is 10.5. The largest absolute Gasteiger partial charge is 0.497 e. The fourth-order valence-corrected chi connectivity index (χ4v) is 3.48. The minimum Gasteiger partial charge on any atom is -0.497 e. The van der Waals surface area contributed by atoms with E-state index in [9.17, 15) is 14.4 Å². The molecule has 3 aromatic carbocycles. The van der Waals surface area contributed by atoms with E-state index in [0.717, 1.165) is 0 Å². The van der Waals surface area contributed by atoms with Gasteiger partial charge in [0.15, 0.2) is 18.1 Å². The molecule has 0 atom stereocenters. The molecule has 0 heterocycles. The van der Waals surface area contributed by atoms with Crippen molar-refractivity contribution in [1.29, 1.82) is 0 Å². The summed E-state index contributed by atoms with van der Waals surface area (Å²) in [4.78, 5) is 36.3. The predicted octanol–water partition coefficient (Wildman–Crippen LogP) is 4.12. The van der Waals surface area contributed by atoms with E-state index in [4.69, 9.17) is 37.4 Å². The highest BCUT2D eigenvalue weighted by molar-refractivity contribution is 6.39. The lowest BCUT2D eigenvalue weighted by Crippen LogP contribution is -2.32. The van der Waals surface area contributed by atoms with E-state index in [1.54, 1.807) is 60.7 Å². The second-order valence-electron chi connectivity index (χ2n) is 7.29. The van der Waals surface area contributed by atoms with Crippen molar-refractivity contribution in [2.75, 3.05) is 31.5 Å². The van der Waals surface area contributed by atoms with Gasteiger partial charge in [-0.3, -0.25) is 14.4 Å². The van der Waals surface area contributed by atoms with Crippen LogP contribution in [0.15, 0.2) is 65.8 Å². The van der Waals surface area contributed by atoms with Crippen LogP contribution in [0.4, 0.5) is 11.4 Å². The first kappa shape index (κ1) is 27.3. The monoisotopic (exact) mass is 544 g/mol. The quantitative estimate of drug-likeness (QED) is 0.211. The molecular formula is C25H22Cl2N4O6. The summed E-state index contributed by atoms with van der Waals surface area (Å²) in [5.74, 6) is -1.13. The lowest BCUT2D eigenvalue weighted by Gasteiger charge is -2.12. The highest BCUT2D eigenvalue weighted by Crippen LogP contribution is 2.28. The summed E-state index contributed by atoms with van der Waals surface area (Å²) in [6.45, 7) is -0.299. The van der Waals surface area contributed by atoms with Gasteiger partial charge in [0, 0.05) is 27.5 Å². The van der Waals surface area contributed by atoms with Gasteiger partial charge in [-0.15, -0.1) is 0 Å². The maximum Gasteiger partial charge on any atom is 0.329 e. The summed E-state index contributed by atoms with van der Waals surface area (Å²) in [6, 6.07) is 16.0. The Kier molecular flexibility index (Phi) is 9.70. The summed E-state index contributed by atoms with van der Waals surface area (Å²) < 4.78 is 15.9. The van der Waals surface area contributed by atoms with Crippen LogP contribution in [0.25, 0.3) is 0 Å². The molecule has 37 heavy (non-hydrogen) atoms. The Morgan fingerprint density at radius 1 is 0.838 bits per heavy atom. The predicted molar refractivity (Wildman–Crippen MR) is 141 cm³/mol. The van der Waals surface area contributed by atoms with Crippen LogP contribution in [-0.4, -0.2) is 44.8 Å². The highest BCUT2D eigenvalue weighted by atomic mass is 35.5.